The molecule has 0 unspecified atom stereocenters. The molecule has 0 aliphatic carbocycles. The first kappa shape index (κ1) is 97.0. The van der Waals surface area contributed by atoms with Crippen molar-refractivity contribution in [1.29, 1.82) is 5.26 Å². The molecular weight excluding hydrogens is 2280 g/mol. The fraction of sp³-hybridized carbons (Fsp3) is 0.0725. The maximum atomic E-state index is 13.6. The van der Waals surface area contributed by atoms with E-state index in [0.29, 0.717) is 5.82 Å². The van der Waals surface area contributed by atoms with Crippen molar-refractivity contribution in [3.63, 3.8) is 0 Å². The number of hydrogen-bond donors (Lipinski definition) is 0. The molecule has 48 heteroatoms. The summed E-state index contributed by atoms with van der Waals surface area (Å²) < 4.78 is 180. The molecule has 3 aromatic carbocycles. The van der Waals surface area contributed by atoms with E-state index in [2.05, 4.69) is 154 Å². The Hall–Kier alpha value is -12.4. The van der Waals surface area contributed by atoms with Crippen LogP contribution in [0.3, 0.4) is 0 Å². The summed E-state index contributed by atoms with van der Waals surface area (Å²) in [5.74, 6) is -11.8. The Balaban J connectivity index is 0.000000280. The predicted octanol–water partition coefficient (Wildman–Crippen LogP) is 9.98. The maximum Gasteiger partial charge on any atom is 3.00 e. The summed E-state index contributed by atoms with van der Waals surface area (Å²) in [5, 5.41) is 28.8. The molecule has 0 saturated heterocycles. The van der Waals surface area contributed by atoms with Gasteiger partial charge >= 0.3 is 80.4 Å². The first-order chi connectivity index (χ1) is 53.9. The van der Waals surface area contributed by atoms with Gasteiger partial charge in [0.1, 0.15) is 86.3 Å². The number of halogens is 14. The zero-order chi connectivity index (χ0) is 80.2. The Morgan fingerprint density at radius 1 is 0.350 bits per heavy atom. The van der Waals surface area contributed by atoms with Gasteiger partial charge < -0.3 is 59.6 Å². The minimum atomic E-state index is -1.02. The van der Waals surface area contributed by atoms with Crippen LogP contribution < -0.4 is 20.0 Å². The number of hydrazone groups is 4. The smallest absolute Gasteiger partial charge is 0.493 e. The molecule has 9 aromatic heterocycles. The van der Waals surface area contributed by atoms with Gasteiger partial charge in [-0.25, -0.2) is 28.7 Å². The van der Waals surface area contributed by atoms with Crippen LogP contribution in [-0.4, -0.2) is 158 Å². The van der Waals surface area contributed by atoms with E-state index in [1.54, 1.807) is 47.8 Å². The van der Waals surface area contributed by atoms with Crippen LogP contribution in [-0.2, 0) is 80.4 Å². The van der Waals surface area contributed by atoms with Gasteiger partial charge in [0.2, 0.25) is 0 Å². The van der Waals surface area contributed by atoms with Crippen molar-refractivity contribution >= 4 is 48.1 Å². The molecule has 0 radical (unpaired) electrons. The molecule has 0 spiro atoms. The van der Waals surface area contributed by atoms with Gasteiger partial charge in [-0.1, -0.05) is 36.2 Å². The Morgan fingerprint density at radius 2 is 0.658 bits per heavy atom. The second kappa shape index (κ2) is 48.1. The average Bonchev–Trinajstić information content (AvgIpc) is 1.57. The molecule has 0 fully saturated rings. The van der Waals surface area contributed by atoms with Gasteiger partial charge in [0.25, 0.3) is 0 Å². The van der Waals surface area contributed by atoms with Crippen LogP contribution in [0.2, 0.25) is 0 Å². The van der Waals surface area contributed by atoms with Crippen molar-refractivity contribution in [2.75, 3.05) is 48.2 Å². The quantitative estimate of drug-likeness (QED) is 0.0775. The van der Waals surface area contributed by atoms with E-state index in [9.17, 15) is 61.5 Å². The van der Waals surface area contributed by atoms with Crippen molar-refractivity contribution in [2.45, 2.75) is 7.43 Å². The molecular formula is C69H44F14Ir4N30. The SMILES string of the molecule is C.CN1C=NN(c2[c-]cc(F)nc2F)[CH-]1.CN1C=NN(c2[c-]cc(F)nc2F)[CH-]1.CN1C=NN(c2[c-]cc(F)nc2F)[CH-]1.CN1C=NN(c2[c-]cc(F)nc2F)[CH-]1.Fc1c[c-]c(-c2ncncn2)c(F)c1.Fc1c[c-]c(-c2ncncn2)c(F)n1.N#Cc1c(F)c[c-]c(-c2ncncn2)c1F.[Ir+3].[Ir+3].[Ir+3].[Ir+3].[c-]1ccccc1-c1ncncn1. The van der Waals surface area contributed by atoms with E-state index in [1.807, 2.05) is 24.3 Å². The van der Waals surface area contributed by atoms with Crippen molar-refractivity contribution in [3.05, 3.63) is 287 Å². The van der Waals surface area contributed by atoms with Crippen LogP contribution in [0.15, 0.2) is 144 Å². The molecule has 4 aliphatic heterocycles. The number of pyridine rings is 5. The Kier molecular flexibility index (Phi) is 39.9. The molecule has 12 aromatic rings. The summed E-state index contributed by atoms with van der Waals surface area (Å²) in [4.78, 5) is 66.2. The normalized spacial score (nSPS) is 12.1. The number of anilines is 4. The van der Waals surface area contributed by atoms with Gasteiger partial charge in [-0.05, 0) is 50.9 Å². The van der Waals surface area contributed by atoms with Crippen LogP contribution in [0.1, 0.15) is 13.0 Å². The summed E-state index contributed by atoms with van der Waals surface area (Å²) in [7, 11) is 6.94. The molecule has 0 atom stereocenters. The minimum absolute atomic E-state index is 0. The van der Waals surface area contributed by atoms with Gasteiger partial charge in [0, 0.05) is 17.2 Å². The third-order valence-electron chi connectivity index (χ3n) is 12.8. The third kappa shape index (κ3) is 28.8. The van der Waals surface area contributed by atoms with Gasteiger partial charge in [-0.2, -0.15) is 49.9 Å². The number of nitrogens with zero attached hydrogens (tertiary/aromatic N) is 30. The van der Waals surface area contributed by atoms with E-state index in [1.165, 1.54) is 129 Å². The summed E-state index contributed by atoms with van der Waals surface area (Å²) in [6, 6.07) is 36.2. The fourth-order valence-corrected chi connectivity index (χ4v) is 7.98. The molecule has 0 N–H and O–H groups in total. The first-order valence-electron chi connectivity index (χ1n) is 30.3. The van der Waals surface area contributed by atoms with E-state index < -0.39 is 88.3 Å². The van der Waals surface area contributed by atoms with Crippen LogP contribution in [0.4, 0.5) is 84.2 Å². The van der Waals surface area contributed by atoms with E-state index in [0.717, 1.165) is 54.1 Å². The number of nitriles is 1. The number of hydrogen-bond acceptors (Lipinski definition) is 30. The first-order valence-corrected chi connectivity index (χ1v) is 30.3. The molecule has 13 heterocycles. The maximum absolute atomic E-state index is 13.6. The van der Waals surface area contributed by atoms with Gasteiger partial charge in [0.15, 0.2) is 0 Å². The topological polar surface area (TPSA) is 318 Å². The third-order valence-corrected chi connectivity index (χ3v) is 12.8. The molecule has 0 saturated carbocycles. The second-order valence-corrected chi connectivity index (χ2v) is 20.7. The average molecular weight is 2330 g/mol. The van der Waals surface area contributed by atoms with Crippen LogP contribution >= 0.6 is 0 Å². The monoisotopic (exact) mass is 2330 g/mol. The molecule has 0 bridgehead atoms. The Labute approximate surface area is 709 Å². The number of rotatable bonds is 8. The van der Waals surface area contributed by atoms with Crippen molar-refractivity contribution < 1.29 is 142 Å². The van der Waals surface area contributed by atoms with Crippen LogP contribution in [0.5, 0.6) is 0 Å². The number of aromatic nitrogens is 17. The molecule has 117 heavy (non-hydrogen) atoms. The fourth-order valence-electron chi connectivity index (χ4n) is 7.98. The number of benzene rings is 3. The largest absolute Gasteiger partial charge is 3.00 e. The van der Waals surface area contributed by atoms with Gasteiger partial charge in [0.05, 0.1) is 90.1 Å². The summed E-state index contributed by atoms with van der Waals surface area (Å²) in [5.41, 5.74) is -0.00462. The molecule has 604 valence electrons. The van der Waals surface area contributed by atoms with E-state index >= 15 is 0 Å². The zero-order valence-electron chi connectivity index (χ0n) is 58.2. The van der Waals surface area contributed by atoms with Crippen molar-refractivity contribution in [3.8, 4) is 51.6 Å². The van der Waals surface area contributed by atoms with E-state index in [4.69, 9.17) is 5.26 Å². The summed E-state index contributed by atoms with van der Waals surface area (Å²) >= 11 is 0. The van der Waals surface area contributed by atoms with E-state index in [-0.39, 0.29) is 145 Å². The van der Waals surface area contributed by atoms with Crippen molar-refractivity contribution in [1.82, 2.24) is 104 Å². The standard InChI is InChI=1S/C10H3F2N4.C9H4F2N3.C9H6N3.4C8H6F2N4.C8H3F2N4.CH4.4Ir/c11-8-2-1-6(9(12)7(8)3-13)10-15-4-14-5-16-10;10-6-1-2-7(8(11)3-6)9-13-4-12-5-14-9;1-2-4-8(5-3-1)9-11-6-10-7-12-9;4*1-13-4-11-14(5-13)6-2-3-7(9)12-8(6)10;9-6-2-1-5(7(10)14-6)8-12-3-11-4-13-8;;;;;/h2,4-5H;1,3-5H;1-4,6-7H;4*3-5H,1H3;2-4H;1H4;;;;/q3*-1;4*-2;-1;;4*+3. The van der Waals surface area contributed by atoms with Gasteiger partial charge in [-0.3, -0.25) is 97.5 Å². The zero-order valence-corrected chi connectivity index (χ0v) is 67.8. The van der Waals surface area contributed by atoms with Crippen molar-refractivity contribution in [2.24, 2.45) is 20.4 Å². The summed E-state index contributed by atoms with van der Waals surface area (Å²) in [6.07, 6.45) is 16.1. The van der Waals surface area contributed by atoms with Crippen LogP contribution in [0, 0.1) is 169 Å². The minimum Gasteiger partial charge on any atom is -0.493 e. The Bertz CT molecular complexity index is 4860. The summed E-state index contributed by atoms with van der Waals surface area (Å²) in [6.45, 7) is 6.09. The van der Waals surface area contributed by atoms with Gasteiger partial charge in [-0.15, -0.1) is 117 Å². The molecule has 16 rings (SSSR count). The molecule has 4 aliphatic rings. The molecule has 30 nitrogen and oxygen atoms in total. The second-order valence-electron chi connectivity index (χ2n) is 20.7. The predicted molar refractivity (Wildman–Crippen MR) is 369 cm³/mol. The molecule has 0 amide bonds. The van der Waals surface area contributed by atoms with Crippen LogP contribution in [0.25, 0.3) is 45.6 Å². The Morgan fingerprint density at radius 3 is 0.957 bits per heavy atom.